The van der Waals surface area contributed by atoms with Gasteiger partial charge >= 0.3 is 0 Å². The van der Waals surface area contributed by atoms with Gasteiger partial charge in [0.1, 0.15) is 0 Å². The van der Waals surface area contributed by atoms with E-state index in [1.807, 2.05) is 0 Å². The van der Waals surface area contributed by atoms with Gasteiger partial charge in [-0.05, 0) is 37.5 Å². The highest BCUT2D eigenvalue weighted by atomic mass is 32.2. The van der Waals surface area contributed by atoms with Crippen LogP contribution in [-0.2, 0) is 19.6 Å². The van der Waals surface area contributed by atoms with E-state index in [2.05, 4.69) is 15.0 Å². The molecule has 0 saturated carbocycles. The number of benzene rings is 1. The summed E-state index contributed by atoms with van der Waals surface area (Å²) in [5, 5.41) is 5.07. The smallest absolute Gasteiger partial charge is 0.240 e. The fourth-order valence-corrected chi connectivity index (χ4v) is 4.53. The highest BCUT2D eigenvalue weighted by Crippen LogP contribution is 2.21. The van der Waals surface area contributed by atoms with E-state index in [1.54, 1.807) is 30.6 Å². The molecule has 0 spiro atoms. The molecule has 7 nitrogen and oxygen atoms in total. The van der Waals surface area contributed by atoms with Crippen LogP contribution in [0.1, 0.15) is 31.2 Å². The molecule has 0 radical (unpaired) electrons. The van der Waals surface area contributed by atoms with E-state index in [0.29, 0.717) is 31.2 Å². The third kappa shape index (κ3) is 4.67. The molecule has 140 valence electrons. The maximum absolute atomic E-state index is 12.5. The van der Waals surface area contributed by atoms with Gasteiger partial charge in [-0.25, -0.2) is 18.1 Å². The Labute approximate surface area is 156 Å². The second kappa shape index (κ2) is 8.26. The molecule has 1 amide bonds. The second-order valence-electron chi connectivity index (χ2n) is 6.13. The number of carbonyl (C=O) groups excluding carboxylic acids is 1. The number of ether oxygens (including phenoxy) is 1. The maximum atomic E-state index is 12.5. The summed E-state index contributed by atoms with van der Waals surface area (Å²) in [7, 11) is -3.58. The van der Waals surface area contributed by atoms with Gasteiger partial charge in [0, 0.05) is 30.8 Å². The number of aromatic nitrogens is 1. The SMILES string of the molecule is CC(C(=O)Nc1nccs1)c1ccc(S(=O)(=O)NC2CCOCC2)cc1. The van der Waals surface area contributed by atoms with E-state index < -0.39 is 15.9 Å². The van der Waals surface area contributed by atoms with Gasteiger partial charge in [0.25, 0.3) is 0 Å². The average Bonchev–Trinajstić information content (AvgIpc) is 3.14. The largest absolute Gasteiger partial charge is 0.381 e. The van der Waals surface area contributed by atoms with Crippen molar-refractivity contribution < 1.29 is 17.9 Å². The molecule has 9 heteroatoms. The molecule has 1 saturated heterocycles. The van der Waals surface area contributed by atoms with Crippen molar-refractivity contribution in [2.45, 2.75) is 36.6 Å². The van der Waals surface area contributed by atoms with Crippen LogP contribution in [0.15, 0.2) is 40.7 Å². The van der Waals surface area contributed by atoms with Gasteiger partial charge in [-0.3, -0.25) is 4.79 Å². The van der Waals surface area contributed by atoms with E-state index in [4.69, 9.17) is 4.74 Å². The van der Waals surface area contributed by atoms with Crippen molar-refractivity contribution in [1.29, 1.82) is 0 Å². The van der Waals surface area contributed by atoms with Crippen molar-refractivity contribution in [3.05, 3.63) is 41.4 Å². The lowest BCUT2D eigenvalue weighted by Gasteiger charge is -2.23. The number of carbonyl (C=O) groups is 1. The number of hydrogen-bond acceptors (Lipinski definition) is 6. The number of amides is 1. The summed E-state index contributed by atoms with van der Waals surface area (Å²) < 4.78 is 32.9. The van der Waals surface area contributed by atoms with Gasteiger partial charge in [0.2, 0.25) is 15.9 Å². The van der Waals surface area contributed by atoms with Crippen LogP contribution >= 0.6 is 11.3 Å². The van der Waals surface area contributed by atoms with E-state index in [1.165, 1.54) is 23.5 Å². The minimum Gasteiger partial charge on any atom is -0.381 e. The van der Waals surface area contributed by atoms with Crippen LogP contribution < -0.4 is 10.0 Å². The highest BCUT2D eigenvalue weighted by molar-refractivity contribution is 7.89. The molecule has 2 heterocycles. The summed E-state index contributed by atoms with van der Waals surface area (Å²) in [6, 6.07) is 6.31. The molecule has 3 rings (SSSR count). The maximum Gasteiger partial charge on any atom is 0.240 e. The molecule has 0 aliphatic carbocycles. The van der Waals surface area contributed by atoms with Crippen LogP contribution in [0.3, 0.4) is 0 Å². The van der Waals surface area contributed by atoms with Crippen LogP contribution in [0.5, 0.6) is 0 Å². The van der Waals surface area contributed by atoms with E-state index in [-0.39, 0.29) is 16.8 Å². The number of thiazole rings is 1. The fraction of sp³-hybridized carbons (Fsp3) is 0.412. The fourth-order valence-electron chi connectivity index (χ4n) is 2.69. The topological polar surface area (TPSA) is 97.4 Å². The Hall–Kier alpha value is -1.81. The summed E-state index contributed by atoms with van der Waals surface area (Å²) in [4.78, 5) is 16.5. The zero-order valence-electron chi connectivity index (χ0n) is 14.3. The van der Waals surface area contributed by atoms with Crippen LogP contribution in [0.2, 0.25) is 0 Å². The number of anilines is 1. The van der Waals surface area contributed by atoms with Gasteiger partial charge < -0.3 is 10.1 Å². The Morgan fingerprint density at radius 3 is 2.58 bits per heavy atom. The van der Waals surface area contributed by atoms with Crippen LogP contribution in [0.4, 0.5) is 5.13 Å². The van der Waals surface area contributed by atoms with Crippen LogP contribution in [0.25, 0.3) is 0 Å². The minimum absolute atomic E-state index is 0.101. The van der Waals surface area contributed by atoms with Crippen molar-refractivity contribution >= 4 is 32.4 Å². The molecule has 2 N–H and O–H groups in total. The van der Waals surface area contributed by atoms with Crippen molar-refractivity contribution in [3.63, 3.8) is 0 Å². The third-order valence-electron chi connectivity index (χ3n) is 4.29. The van der Waals surface area contributed by atoms with Gasteiger partial charge in [-0.1, -0.05) is 12.1 Å². The first-order valence-corrected chi connectivity index (χ1v) is 10.7. The highest BCUT2D eigenvalue weighted by Gasteiger charge is 2.23. The quantitative estimate of drug-likeness (QED) is 0.782. The van der Waals surface area contributed by atoms with Crippen molar-refractivity contribution in [2.75, 3.05) is 18.5 Å². The Balaban J connectivity index is 1.66. The zero-order valence-corrected chi connectivity index (χ0v) is 16.0. The van der Waals surface area contributed by atoms with Gasteiger partial charge in [0.15, 0.2) is 5.13 Å². The Bertz CT molecular complexity index is 829. The zero-order chi connectivity index (χ0) is 18.6. The number of rotatable bonds is 6. The Kier molecular flexibility index (Phi) is 6.02. The number of hydrogen-bond donors (Lipinski definition) is 2. The lowest BCUT2D eigenvalue weighted by atomic mass is 10.0. The van der Waals surface area contributed by atoms with Crippen LogP contribution in [-0.4, -0.2) is 38.6 Å². The number of nitrogens with zero attached hydrogens (tertiary/aromatic N) is 1. The monoisotopic (exact) mass is 395 g/mol. The summed E-state index contributed by atoms with van der Waals surface area (Å²) in [5.41, 5.74) is 0.740. The molecule has 1 fully saturated rings. The molecule has 1 aromatic heterocycles. The van der Waals surface area contributed by atoms with E-state index in [9.17, 15) is 13.2 Å². The molecule has 1 aliphatic heterocycles. The Morgan fingerprint density at radius 1 is 1.27 bits per heavy atom. The molecule has 2 aromatic rings. The lowest BCUT2D eigenvalue weighted by molar-refractivity contribution is -0.117. The molecular formula is C17H21N3O4S2. The first kappa shape index (κ1) is 19.0. The number of sulfonamides is 1. The number of nitrogens with one attached hydrogen (secondary N) is 2. The van der Waals surface area contributed by atoms with Crippen molar-refractivity contribution in [2.24, 2.45) is 0 Å². The van der Waals surface area contributed by atoms with E-state index in [0.717, 1.165) is 5.56 Å². The van der Waals surface area contributed by atoms with Gasteiger partial charge in [-0.15, -0.1) is 11.3 Å². The molecule has 1 unspecified atom stereocenters. The second-order valence-corrected chi connectivity index (χ2v) is 8.73. The standard InChI is InChI=1S/C17H21N3O4S2/c1-12(16(21)19-17-18-8-11-25-17)13-2-4-15(5-3-13)26(22,23)20-14-6-9-24-10-7-14/h2-5,8,11-12,14,20H,6-7,9-10H2,1H3,(H,18,19,21). The molecular weight excluding hydrogens is 374 g/mol. The molecule has 26 heavy (non-hydrogen) atoms. The summed E-state index contributed by atoms with van der Waals surface area (Å²) in [6.45, 7) is 2.91. The molecule has 1 aliphatic rings. The predicted molar refractivity (Wildman–Crippen MR) is 99.8 cm³/mol. The first-order chi connectivity index (χ1) is 12.5. The van der Waals surface area contributed by atoms with Crippen molar-refractivity contribution in [3.8, 4) is 0 Å². The lowest BCUT2D eigenvalue weighted by Crippen LogP contribution is -2.38. The average molecular weight is 396 g/mol. The summed E-state index contributed by atoms with van der Waals surface area (Å²) in [6.07, 6.45) is 2.96. The Morgan fingerprint density at radius 2 is 1.96 bits per heavy atom. The molecule has 1 atom stereocenters. The summed E-state index contributed by atoms with van der Waals surface area (Å²) in [5.74, 6) is -0.602. The van der Waals surface area contributed by atoms with Gasteiger partial charge in [-0.2, -0.15) is 0 Å². The van der Waals surface area contributed by atoms with Gasteiger partial charge in [0.05, 0.1) is 10.8 Å². The summed E-state index contributed by atoms with van der Waals surface area (Å²) >= 11 is 1.35. The van der Waals surface area contributed by atoms with E-state index >= 15 is 0 Å². The van der Waals surface area contributed by atoms with Crippen LogP contribution in [0, 0.1) is 0 Å². The normalized spacial score (nSPS) is 17.0. The van der Waals surface area contributed by atoms with Crippen molar-refractivity contribution in [1.82, 2.24) is 9.71 Å². The predicted octanol–water partition coefficient (Wildman–Crippen LogP) is 2.34. The first-order valence-electron chi connectivity index (χ1n) is 8.36. The molecule has 1 aromatic carbocycles. The minimum atomic E-state index is -3.58. The third-order valence-corrected chi connectivity index (χ3v) is 6.51. The molecule has 0 bridgehead atoms.